The van der Waals surface area contributed by atoms with E-state index in [1.807, 2.05) is 20.9 Å². The molecule has 7 heteroatoms. The van der Waals surface area contributed by atoms with Crippen LogP contribution in [0, 0.1) is 0 Å². The van der Waals surface area contributed by atoms with Gasteiger partial charge in [0.05, 0.1) is 11.0 Å². The minimum Gasteiger partial charge on any atom is -0.377 e. The topological polar surface area (TPSA) is 72.4 Å². The van der Waals surface area contributed by atoms with Gasteiger partial charge in [-0.1, -0.05) is 0 Å². The second-order valence-corrected chi connectivity index (χ2v) is 7.22. The van der Waals surface area contributed by atoms with Crippen LogP contribution in [0.15, 0.2) is 17.2 Å². The molecule has 0 spiro atoms. The van der Waals surface area contributed by atoms with Crippen molar-refractivity contribution in [3.63, 3.8) is 0 Å². The van der Waals surface area contributed by atoms with Gasteiger partial charge in [-0.2, -0.15) is 0 Å². The Labute approximate surface area is 126 Å². The van der Waals surface area contributed by atoms with Crippen LogP contribution in [0.3, 0.4) is 0 Å². The van der Waals surface area contributed by atoms with E-state index >= 15 is 0 Å². The van der Waals surface area contributed by atoms with Crippen LogP contribution < -0.4 is 10.0 Å². The Bertz CT molecular complexity index is 564. The van der Waals surface area contributed by atoms with Crippen molar-refractivity contribution in [1.82, 2.24) is 14.6 Å². The number of ether oxygens (including phenoxy) is 1. The van der Waals surface area contributed by atoms with Gasteiger partial charge in [-0.05, 0) is 39.8 Å². The fourth-order valence-corrected chi connectivity index (χ4v) is 3.48. The van der Waals surface area contributed by atoms with E-state index in [1.165, 1.54) is 0 Å². The second kappa shape index (κ2) is 6.91. The standard InChI is InChI=1S/C14H25N3O3S/c1-4-20-11(2)8-16-21(18,19)14-7-13(9-15-3)17(10-14)12-5-6-12/h7,10-12,15-16H,4-6,8-9H2,1-3H3. The molecule has 1 fully saturated rings. The van der Waals surface area contributed by atoms with Crippen LogP contribution in [0.5, 0.6) is 0 Å². The molecular formula is C14H25N3O3S. The van der Waals surface area contributed by atoms with Crippen LogP contribution in [-0.2, 0) is 21.3 Å². The summed E-state index contributed by atoms with van der Waals surface area (Å²) in [4.78, 5) is 0.336. The van der Waals surface area contributed by atoms with E-state index in [0.29, 0.717) is 24.1 Å². The molecule has 6 nitrogen and oxygen atoms in total. The Morgan fingerprint density at radius 1 is 1.48 bits per heavy atom. The molecule has 120 valence electrons. The molecule has 1 unspecified atom stereocenters. The Hall–Kier alpha value is -0.890. The first-order chi connectivity index (χ1) is 9.97. The maximum atomic E-state index is 12.4. The van der Waals surface area contributed by atoms with Crippen molar-refractivity contribution in [2.45, 2.75) is 50.3 Å². The fraction of sp³-hybridized carbons (Fsp3) is 0.714. The zero-order valence-corrected chi connectivity index (χ0v) is 13.7. The number of aromatic nitrogens is 1. The van der Waals surface area contributed by atoms with Gasteiger partial charge >= 0.3 is 0 Å². The monoisotopic (exact) mass is 315 g/mol. The van der Waals surface area contributed by atoms with Gasteiger partial charge in [0.25, 0.3) is 0 Å². The Balaban J connectivity index is 2.10. The van der Waals surface area contributed by atoms with Crippen molar-refractivity contribution in [3.8, 4) is 0 Å². The van der Waals surface area contributed by atoms with Gasteiger partial charge in [0, 0.05) is 37.6 Å². The summed E-state index contributed by atoms with van der Waals surface area (Å²) in [7, 11) is -1.62. The lowest BCUT2D eigenvalue weighted by Crippen LogP contribution is -2.32. The number of hydrogen-bond acceptors (Lipinski definition) is 4. The van der Waals surface area contributed by atoms with Crippen LogP contribution in [-0.4, -0.2) is 39.3 Å². The summed E-state index contributed by atoms with van der Waals surface area (Å²) in [6.45, 7) is 5.28. The van der Waals surface area contributed by atoms with Crippen molar-refractivity contribution in [3.05, 3.63) is 18.0 Å². The molecular weight excluding hydrogens is 290 g/mol. The molecule has 2 N–H and O–H groups in total. The highest BCUT2D eigenvalue weighted by Gasteiger charge is 2.28. The van der Waals surface area contributed by atoms with Crippen LogP contribution in [0.1, 0.15) is 38.4 Å². The zero-order valence-electron chi connectivity index (χ0n) is 12.9. The molecule has 0 bridgehead atoms. The van der Waals surface area contributed by atoms with Gasteiger partial charge in [-0.3, -0.25) is 0 Å². The SMILES string of the molecule is CCOC(C)CNS(=O)(=O)c1cc(CNC)n(C2CC2)c1. The highest BCUT2D eigenvalue weighted by molar-refractivity contribution is 7.89. The first-order valence-corrected chi connectivity index (χ1v) is 8.93. The third-order valence-electron chi connectivity index (χ3n) is 3.53. The smallest absolute Gasteiger partial charge is 0.242 e. The van der Waals surface area contributed by atoms with E-state index in [0.717, 1.165) is 18.5 Å². The second-order valence-electron chi connectivity index (χ2n) is 5.45. The molecule has 0 amide bonds. The molecule has 0 aliphatic heterocycles. The number of rotatable bonds is 9. The minimum atomic E-state index is -3.48. The highest BCUT2D eigenvalue weighted by Crippen LogP contribution is 2.37. The van der Waals surface area contributed by atoms with Gasteiger partial charge in [0.2, 0.25) is 10.0 Å². The summed E-state index contributed by atoms with van der Waals surface area (Å²) in [5, 5.41) is 3.08. The molecule has 1 aromatic heterocycles. The quantitative estimate of drug-likeness (QED) is 0.719. The summed E-state index contributed by atoms with van der Waals surface area (Å²) < 4.78 is 34.7. The Morgan fingerprint density at radius 2 is 2.19 bits per heavy atom. The molecule has 0 saturated heterocycles. The van der Waals surface area contributed by atoms with Crippen molar-refractivity contribution in [2.24, 2.45) is 0 Å². The molecule has 21 heavy (non-hydrogen) atoms. The molecule has 2 rings (SSSR count). The first-order valence-electron chi connectivity index (χ1n) is 7.44. The molecule has 0 radical (unpaired) electrons. The highest BCUT2D eigenvalue weighted by atomic mass is 32.2. The average molecular weight is 315 g/mol. The normalized spacial score (nSPS) is 17.1. The van der Waals surface area contributed by atoms with Crippen molar-refractivity contribution in [2.75, 3.05) is 20.2 Å². The molecule has 0 aromatic carbocycles. The predicted octanol–water partition coefficient (Wildman–Crippen LogP) is 1.25. The summed E-state index contributed by atoms with van der Waals surface area (Å²) in [5.41, 5.74) is 1.01. The lowest BCUT2D eigenvalue weighted by Gasteiger charge is -2.12. The van der Waals surface area contributed by atoms with E-state index in [4.69, 9.17) is 4.74 Å². The minimum absolute atomic E-state index is 0.132. The molecule has 1 heterocycles. The van der Waals surface area contributed by atoms with E-state index < -0.39 is 10.0 Å². The number of sulfonamides is 1. The average Bonchev–Trinajstić information content (AvgIpc) is 3.18. The third kappa shape index (κ3) is 4.29. The largest absolute Gasteiger partial charge is 0.377 e. The molecule has 1 aromatic rings. The molecule has 1 aliphatic rings. The maximum absolute atomic E-state index is 12.4. The van der Waals surface area contributed by atoms with Gasteiger partial charge in [-0.15, -0.1) is 0 Å². The first kappa shape index (κ1) is 16.5. The summed E-state index contributed by atoms with van der Waals surface area (Å²) >= 11 is 0. The van der Waals surface area contributed by atoms with Gasteiger partial charge in [0.15, 0.2) is 0 Å². The maximum Gasteiger partial charge on any atom is 0.242 e. The third-order valence-corrected chi connectivity index (χ3v) is 4.92. The number of hydrogen-bond donors (Lipinski definition) is 2. The summed E-state index contributed by atoms with van der Waals surface area (Å²) in [6.07, 6.45) is 3.87. The Morgan fingerprint density at radius 3 is 2.76 bits per heavy atom. The van der Waals surface area contributed by atoms with E-state index in [-0.39, 0.29) is 12.6 Å². The molecule has 1 atom stereocenters. The van der Waals surface area contributed by atoms with E-state index in [2.05, 4.69) is 14.6 Å². The van der Waals surface area contributed by atoms with Crippen LogP contribution in [0.2, 0.25) is 0 Å². The molecule has 1 aliphatic carbocycles. The van der Waals surface area contributed by atoms with Crippen molar-refractivity contribution >= 4 is 10.0 Å². The van der Waals surface area contributed by atoms with Crippen molar-refractivity contribution in [1.29, 1.82) is 0 Å². The van der Waals surface area contributed by atoms with Crippen LogP contribution in [0.25, 0.3) is 0 Å². The van der Waals surface area contributed by atoms with E-state index in [1.54, 1.807) is 12.3 Å². The lowest BCUT2D eigenvalue weighted by atomic mass is 10.4. The predicted molar refractivity (Wildman–Crippen MR) is 81.7 cm³/mol. The number of nitrogens with one attached hydrogen (secondary N) is 2. The zero-order chi connectivity index (χ0) is 15.5. The van der Waals surface area contributed by atoms with Gasteiger partial charge < -0.3 is 14.6 Å². The van der Waals surface area contributed by atoms with Crippen LogP contribution >= 0.6 is 0 Å². The fourth-order valence-electron chi connectivity index (χ4n) is 2.31. The van der Waals surface area contributed by atoms with Crippen molar-refractivity contribution < 1.29 is 13.2 Å². The molecule has 1 saturated carbocycles. The van der Waals surface area contributed by atoms with Crippen LogP contribution in [0.4, 0.5) is 0 Å². The lowest BCUT2D eigenvalue weighted by molar-refractivity contribution is 0.0799. The Kier molecular flexibility index (Phi) is 5.43. The summed E-state index contributed by atoms with van der Waals surface area (Å²) in [6, 6.07) is 2.21. The summed E-state index contributed by atoms with van der Waals surface area (Å²) in [5.74, 6) is 0. The van der Waals surface area contributed by atoms with Gasteiger partial charge in [-0.25, -0.2) is 13.1 Å². The van der Waals surface area contributed by atoms with Gasteiger partial charge in [0.1, 0.15) is 0 Å². The number of nitrogens with zero attached hydrogens (tertiary/aromatic N) is 1. The van der Waals surface area contributed by atoms with E-state index in [9.17, 15) is 8.42 Å².